The summed E-state index contributed by atoms with van der Waals surface area (Å²) in [6.45, 7) is 0.586. The molecular weight excluding hydrogens is 312 g/mol. The van der Waals surface area contributed by atoms with Gasteiger partial charge in [0.25, 0.3) is 0 Å². The van der Waals surface area contributed by atoms with Crippen LogP contribution in [-0.4, -0.2) is 57.0 Å². The van der Waals surface area contributed by atoms with Crippen LogP contribution in [0.3, 0.4) is 0 Å². The van der Waals surface area contributed by atoms with Gasteiger partial charge in [0.1, 0.15) is 12.3 Å². The summed E-state index contributed by atoms with van der Waals surface area (Å²) >= 11 is 0. The Kier molecular flexibility index (Phi) is 5.89. The van der Waals surface area contributed by atoms with Crippen LogP contribution in [0.5, 0.6) is 5.75 Å². The predicted molar refractivity (Wildman–Crippen MR) is 78.2 cm³/mol. The van der Waals surface area contributed by atoms with Gasteiger partial charge in [0.2, 0.25) is 15.9 Å². The molecule has 0 saturated heterocycles. The Morgan fingerprint density at radius 2 is 2.00 bits per heavy atom. The molecule has 1 aromatic carbocycles. The molecule has 0 fully saturated rings. The first-order valence-electron chi connectivity index (χ1n) is 6.28. The minimum Gasteiger partial charge on any atom is -0.497 e. The zero-order valence-corrected chi connectivity index (χ0v) is 13.3. The monoisotopic (exact) mass is 330 g/mol. The van der Waals surface area contributed by atoms with Gasteiger partial charge in [-0.25, -0.2) is 8.42 Å². The molecule has 0 aromatic heterocycles. The van der Waals surface area contributed by atoms with E-state index in [2.05, 4.69) is 5.32 Å². The molecule has 0 radical (unpaired) electrons. The van der Waals surface area contributed by atoms with Gasteiger partial charge in [-0.15, -0.1) is 0 Å². The van der Waals surface area contributed by atoms with Crippen molar-refractivity contribution >= 4 is 21.9 Å². The van der Waals surface area contributed by atoms with Crippen molar-refractivity contribution in [2.75, 3.05) is 27.2 Å². The van der Waals surface area contributed by atoms with E-state index < -0.39 is 35.0 Å². The van der Waals surface area contributed by atoms with Gasteiger partial charge < -0.3 is 15.2 Å². The molecule has 0 aliphatic carbocycles. The Hall–Kier alpha value is -2.13. The number of hydrogen-bond acceptors (Lipinski definition) is 5. The van der Waals surface area contributed by atoms with Crippen LogP contribution in [0.15, 0.2) is 23.1 Å². The highest BCUT2D eigenvalue weighted by Gasteiger charge is 2.24. The molecule has 1 amide bonds. The van der Waals surface area contributed by atoms with Gasteiger partial charge >= 0.3 is 5.97 Å². The molecule has 1 aromatic rings. The summed E-state index contributed by atoms with van der Waals surface area (Å²) < 4.78 is 30.7. The Balaban J connectivity index is 2.89. The lowest BCUT2D eigenvalue weighted by Crippen LogP contribution is -2.40. The van der Waals surface area contributed by atoms with E-state index in [-0.39, 0.29) is 4.90 Å². The van der Waals surface area contributed by atoms with Crippen LogP contribution in [0.1, 0.15) is 5.56 Å². The highest BCUT2D eigenvalue weighted by molar-refractivity contribution is 7.89. The Morgan fingerprint density at radius 3 is 2.50 bits per heavy atom. The Labute approximate surface area is 128 Å². The summed E-state index contributed by atoms with van der Waals surface area (Å²) in [5.74, 6) is -1.37. The van der Waals surface area contributed by atoms with E-state index in [9.17, 15) is 18.0 Å². The van der Waals surface area contributed by atoms with Crippen molar-refractivity contribution in [2.24, 2.45) is 0 Å². The van der Waals surface area contributed by atoms with Crippen LogP contribution in [0.4, 0.5) is 0 Å². The molecule has 9 heteroatoms. The topological polar surface area (TPSA) is 113 Å². The number of ether oxygens (including phenoxy) is 1. The van der Waals surface area contributed by atoms with E-state index in [1.807, 2.05) is 0 Å². The fraction of sp³-hybridized carbons (Fsp3) is 0.385. The quantitative estimate of drug-likeness (QED) is 0.717. The predicted octanol–water partition coefficient (Wildman–Crippen LogP) is -0.175. The van der Waals surface area contributed by atoms with Crippen LogP contribution >= 0.6 is 0 Å². The number of carboxylic acid groups (broad SMARTS) is 1. The van der Waals surface area contributed by atoms with Crippen molar-refractivity contribution < 1.29 is 27.9 Å². The first-order chi connectivity index (χ1) is 10.2. The lowest BCUT2D eigenvalue weighted by molar-refractivity contribution is -0.137. The number of methoxy groups -OCH3 is 1. The standard InChI is InChI=1S/C13H18N2O6S/c1-9-6-10(21-3)4-5-11(9)22(19,20)15(2)8-12(16)14-7-13(17)18/h4-6H,7-8H2,1-3H3,(H,14,16)(H,17,18). The fourth-order valence-corrected chi connectivity index (χ4v) is 3.05. The van der Waals surface area contributed by atoms with Gasteiger partial charge in [0.05, 0.1) is 18.6 Å². The molecular formula is C13H18N2O6S. The molecule has 0 saturated carbocycles. The second-order valence-electron chi connectivity index (χ2n) is 4.56. The third kappa shape index (κ3) is 4.43. The third-order valence-electron chi connectivity index (χ3n) is 2.87. The second kappa shape index (κ2) is 7.23. The highest BCUT2D eigenvalue weighted by Crippen LogP contribution is 2.23. The number of aliphatic carboxylic acids is 1. The maximum atomic E-state index is 12.4. The lowest BCUT2D eigenvalue weighted by atomic mass is 10.2. The molecule has 0 heterocycles. The minimum absolute atomic E-state index is 0.0573. The number of nitrogens with zero attached hydrogens (tertiary/aromatic N) is 1. The third-order valence-corrected chi connectivity index (χ3v) is 4.84. The summed E-state index contributed by atoms with van der Waals surface area (Å²) in [5, 5.41) is 10.6. The molecule has 1 rings (SSSR count). The fourth-order valence-electron chi connectivity index (χ4n) is 1.72. The first kappa shape index (κ1) is 17.9. The molecule has 0 aliphatic heterocycles. The number of aryl methyl sites for hydroxylation is 1. The van der Waals surface area contributed by atoms with Crippen molar-refractivity contribution in [2.45, 2.75) is 11.8 Å². The van der Waals surface area contributed by atoms with Gasteiger partial charge in [0.15, 0.2) is 0 Å². The van der Waals surface area contributed by atoms with Gasteiger partial charge in [-0.1, -0.05) is 0 Å². The van der Waals surface area contributed by atoms with Crippen molar-refractivity contribution in [1.29, 1.82) is 0 Å². The number of sulfonamides is 1. The molecule has 22 heavy (non-hydrogen) atoms. The number of carbonyl (C=O) groups excluding carboxylic acids is 1. The normalized spacial score (nSPS) is 11.3. The number of hydrogen-bond donors (Lipinski definition) is 2. The number of rotatable bonds is 7. The smallest absolute Gasteiger partial charge is 0.322 e. The highest BCUT2D eigenvalue weighted by atomic mass is 32.2. The number of nitrogens with one attached hydrogen (secondary N) is 1. The molecule has 0 bridgehead atoms. The summed E-state index contributed by atoms with van der Waals surface area (Å²) in [5.41, 5.74) is 0.483. The summed E-state index contributed by atoms with van der Waals surface area (Å²) in [6.07, 6.45) is 0. The minimum atomic E-state index is -3.86. The van der Waals surface area contributed by atoms with Crippen molar-refractivity contribution in [3.8, 4) is 5.75 Å². The Bertz CT molecular complexity index is 671. The summed E-state index contributed by atoms with van der Waals surface area (Å²) in [6, 6.07) is 4.48. The number of benzene rings is 1. The van der Waals surface area contributed by atoms with E-state index in [4.69, 9.17) is 9.84 Å². The maximum absolute atomic E-state index is 12.4. The Morgan fingerprint density at radius 1 is 1.36 bits per heavy atom. The molecule has 2 N–H and O–H groups in total. The van der Waals surface area contributed by atoms with E-state index in [1.54, 1.807) is 13.0 Å². The molecule has 0 aliphatic rings. The van der Waals surface area contributed by atoms with Gasteiger partial charge in [-0.3, -0.25) is 9.59 Å². The van der Waals surface area contributed by atoms with Crippen LogP contribution in [0.25, 0.3) is 0 Å². The van der Waals surface area contributed by atoms with Crippen molar-refractivity contribution in [3.63, 3.8) is 0 Å². The summed E-state index contributed by atoms with van der Waals surface area (Å²) in [4.78, 5) is 21.9. The molecule has 0 atom stereocenters. The molecule has 8 nitrogen and oxygen atoms in total. The van der Waals surface area contributed by atoms with Crippen molar-refractivity contribution in [3.05, 3.63) is 23.8 Å². The zero-order chi connectivity index (χ0) is 16.9. The van der Waals surface area contributed by atoms with Crippen LogP contribution in [0.2, 0.25) is 0 Å². The van der Waals surface area contributed by atoms with Crippen LogP contribution in [0, 0.1) is 6.92 Å². The average Bonchev–Trinajstić information content (AvgIpc) is 2.44. The van der Waals surface area contributed by atoms with E-state index in [0.717, 1.165) is 4.31 Å². The number of likely N-dealkylation sites (N-methyl/N-ethyl adjacent to an activating group) is 1. The molecule has 0 spiro atoms. The average molecular weight is 330 g/mol. The second-order valence-corrected chi connectivity index (χ2v) is 6.58. The molecule has 122 valence electrons. The SMILES string of the molecule is COc1ccc(S(=O)(=O)N(C)CC(=O)NCC(=O)O)c(C)c1. The first-order valence-corrected chi connectivity index (χ1v) is 7.72. The van der Waals surface area contributed by atoms with E-state index >= 15 is 0 Å². The molecule has 0 unspecified atom stereocenters. The summed E-state index contributed by atoms with van der Waals surface area (Å²) in [7, 11) is -1.14. The number of carboxylic acids is 1. The van der Waals surface area contributed by atoms with Crippen molar-refractivity contribution in [1.82, 2.24) is 9.62 Å². The van der Waals surface area contributed by atoms with Crippen LogP contribution in [-0.2, 0) is 19.6 Å². The van der Waals surface area contributed by atoms with Gasteiger partial charge in [0, 0.05) is 7.05 Å². The van der Waals surface area contributed by atoms with Gasteiger partial charge in [-0.2, -0.15) is 4.31 Å². The van der Waals surface area contributed by atoms with Gasteiger partial charge in [-0.05, 0) is 30.7 Å². The number of amides is 1. The maximum Gasteiger partial charge on any atom is 0.322 e. The lowest BCUT2D eigenvalue weighted by Gasteiger charge is -2.18. The largest absolute Gasteiger partial charge is 0.497 e. The van der Waals surface area contributed by atoms with E-state index in [1.165, 1.54) is 26.3 Å². The van der Waals surface area contributed by atoms with Crippen LogP contribution < -0.4 is 10.1 Å². The zero-order valence-electron chi connectivity index (χ0n) is 12.5. The number of carbonyl (C=O) groups is 2. The van der Waals surface area contributed by atoms with E-state index in [0.29, 0.717) is 11.3 Å².